The summed E-state index contributed by atoms with van der Waals surface area (Å²) in [6.45, 7) is 1.14. The molecule has 0 fully saturated rings. The second kappa shape index (κ2) is 12.0. The number of aliphatic carboxylic acids is 1. The van der Waals surface area contributed by atoms with Crippen LogP contribution >= 0.6 is 0 Å². The van der Waals surface area contributed by atoms with E-state index in [0.717, 1.165) is 19.3 Å². The van der Waals surface area contributed by atoms with Crippen molar-refractivity contribution < 1.29 is 29.0 Å². The van der Waals surface area contributed by atoms with Gasteiger partial charge in [0.2, 0.25) is 0 Å². The predicted octanol–water partition coefficient (Wildman–Crippen LogP) is 0.509. The summed E-state index contributed by atoms with van der Waals surface area (Å²) in [7, 11) is 2.86. The van der Waals surface area contributed by atoms with Gasteiger partial charge in [-0.2, -0.15) is 0 Å². The van der Waals surface area contributed by atoms with Crippen molar-refractivity contribution >= 4 is 18.0 Å². The Morgan fingerprint density at radius 3 is 2.43 bits per heavy atom. The Morgan fingerprint density at radius 1 is 1.14 bits per heavy atom. The van der Waals surface area contributed by atoms with Crippen molar-refractivity contribution in [3.05, 3.63) is 0 Å². The Hall–Kier alpha value is -1.83. The molecule has 0 saturated heterocycles. The smallest absolute Gasteiger partial charge is 0.326 e. The lowest BCUT2D eigenvalue weighted by Gasteiger charge is -2.14. The number of nitrogens with one attached hydrogen (secondary N) is 2. The molecule has 0 spiro atoms. The number of amides is 2. The minimum atomic E-state index is -1.19. The first-order chi connectivity index (χ1) is 10.0. The minimum absolute atomic E-state index is 0.0106. The number of ether oxygens (including phenoxy) is 2. The van der Waals surface area contributed by atoms with Crippen LogP contribution in [0.4, 0.5) is 4.79 Å². The summed E-state index contributed by atoms with van der Waals surface area (Å²) in [5, 5.41) is 13.9. The molecule has 0 unspecified atom stereocenters. The standard InChI is InChI=1S/C13H24N2O6/c1-20-9-5-3-4-8-14-13(19)15-10(12(17)18)6-7-11(16)21-2/h10H,3-9H2,1-2H3,(H,17,18)(H2,14,15,19)/t10-/m0/s1. The SMILES string of the molecule is COCCCCCNC(=O)N[C@@H](CCC(=O)OC)C(=O)O. The van der Waals surface area contributed by atoms with Gasteiger partial charge < -0.3 is 25.2 Å². The first-order valence-electron chi connectivity index (χ1n) is 6.84. The quantitative estimate of drug-likeness (QED) is 0.378. The van der Waals surface area contributed by atoms with Gasteiger partial charge in [0.15, 0.2) is 0 Å². The maximum atomic E-state index is 11.5. The molecular formula is C13H24N2O6. The number of hydrogen-bond donors (Lipinski definition) is 3. The third-order valence-electron chi connectivity index (χ3n) is 2.78. The number of methoxy groups -OCH3 is 2. The summed E-state index contributed by atoms with van der Waals surface area (Å²) >= 11 is 0. The monoisotopic (exact) mass is 304 g/mol. The topological polar surface area (TPSA) is 114 Å². The van der Waals surface area contributed by atoms with Crippen LogP contribution in [0, 0.1) is 0 Å². The second-order valence-corrected chi connectivity index (χ2v) is 4.46. The normalized spacial score (nSPS) is 11.5. The summed E-state index contributed by atoms with van der Waals surface area (Å²) in [5.41, 5.74) is 0. The molecule has 122 valence electrons. The number of rotatable bonds is 11. The largest absolute Gasteiger partial charge is 0.480 e. The fourth-order valence-electron chi connectivity index (χ4n) is 1.58. The number of carbonyl (C=O) groups excluding carboxylic acids is 2. The van der Waals surface area contributed by atoms with Crippen LogP contribution in [0.2, 0.25) is 0 Å². The fourth-order valence-corrected chi connectivity index (χ4v) is 1.58. The van der Waals surface area contributed by atoms with Gasteiger partial charge in [-0.15, -0.1) is 0 Å². The van der Waals surface area contributed by atoms with Crippen molar-refractivity contribution in [2.75, 3.05) is 27.4 Å². The minimum Gasteiger partial charge on any atom is -0.480 e. The lowest BCUT2D eigenvalue weighted by molar-refractivity contribution is -0.142. The van der Waals surface area contributed by atoms with E-state index in [1.165, 1.54) is 7.11 Å². The Morgan fingerprint density at radius 2 is 1.86 bits per heavy atom. The van der Waals surface area contributed by atoms with E-state index in [2.05, 4.69) is 15.4 Å². The predicted molar refractivity (Wildman–Crippen MR) is 74.9 cm³/mol. The Labute approximate surface area is 124 Å². The highest BCUT2D eigenvalue weighted by molar-refractivity contribution is 5.83. The molecule has 3 N–H and O–H groups in total. The Bertz CT molecular complexity index is 335. The van der Waals surface area contributed by atoms with E-state index in [4.69, 9.17) is 9.84 Å². The number of hydrogen-bond acceptors (Lipinski definition) is 5. The number of unbranched alkanes of at least 4 members (excludes halogenated alkanes) is 2. The highest BCUT2D eigenvalue weighted by atomic mass is 16.5. The number of carbonyl (C=O) groups is 3. The summed E-state index contributed by atoms with van der Waals surface area (Å²) in [4.78, 5) is 33.5. The highest BCUT2D eigenvalue weighted by Crippen LogP contribution is 2.00. The van der Waals surface area contributed by atoms with Crippen LogP contribution in [0.25, 0.3) is 0 Å². The molecular weight excluding hydrogens is 280 g/mol. The van der Waals surface area contributed by atoms with E-state index >= 15 is 0 Å². The van der Waals surface area contributed by atoms with Crippen LogP contribution in [0.5, 0.6) is 0 Å². The highest BCUT2D eigenvalue weighted by Gasteiger charge is 2.20. The first kappa shape index (κ1) is 19.2. The van der Waals surface area contributed by atoms with Crippen LogP contribution in [0.1, 0.15) is 32.1 Å². The summed E-state index contributed by atoms with van der Waals surface area (Å²) < 4.78 is 9.33. The Kier molecular flexibility index (Phi) is 10.9. The average molecular weight is 304 g/mol. The summed E-state index contributed by atoms with van der Waals surface area (Å²) in [5.74, 6) is -1.70. The Balaban J connectivity index is 3.90. The molecule has 0 aromatic heterocycles. The number of esters is 1. The number of urea groups is 1. The number of carboxylic acid groups (broad SMARTS) is 1. The zero-order valence-corrected chi connectivity index (χ0v) is 12.5. The zero-order valence-electron chi connectivity index (χ0n) is 12.5. The van der Waals surface area contributed by atoms with Crippen LogP contribution in [0.15, 0.2) is 0 Å². The van der Waals surface area contributed by atoms with Gasteiger partial charge in [-0.05, 0) is 25.7 Å². The summed E-state index contributed by atoms with van der Waals surface area (Å²) in [6.07, 6.45) is 2.54. The van der Waals surface area contributed by atoms with Gasteiger partial charge in [0.05, 0.1) is 7.11 Å². The molecule has 0 aromatic rings. The van der Waals surface area contributed by atoms with Crippen molar-refractivity contribution in [1.29, 1.82) is 0 Å². The van der Waals surface area contributed by atoms with Gasteiger partial charge in [-0.25, -0.2) is 9.59 Å². The van der Waals surface area contributed by atoms with Crippen LogP contribution in [-0.2, 0) is 19.1 Å². The molecule has 0 bridgehead atoms. The van der Waals surface area contributed by atoms with E-state index in [1.54, 1.807) is 7.11 Å². The molecule has 21 heavy (non-hydrogen) atoms. The third-order valence-corrected chi connectivity index (χ3v) is 2.78. The van der Waals surface area contributed by atoms with Crippen molar-refractivity contribution in [2.45, 2.75) is 38.1 Å². The lowest BCUT2D eigenvalue weighted by atomic mass is 10.1. The summed E-state index contributed by atoms with van der Waals surface area (Å²) in [6, 6.07) is -1.67. The van der Waals surface area contributed by atoms with Gasteiger partial charge in [0, 0.05) is 26.7 Å². The van der Waals surface area contributed by atoms with Gasteiger partial charge in [0.25, 0.3) is 0 Å². The van der Waals surface area contributed by atoms with Crippen LogP contribution in [-0.4, -0.2) is 56.5 Å². The van der Waals surface area contributed by atoms with E-state index in [9.17, 15) is 14.4 Å². The van der Waals surface area contributed by atoms with E-state index in [0.29, 0.717) is 13.2 Å². The molecule has 0 radical (unpaired) electrons. The average Bonchev–Trinajstić information content (AvgIpc) is 2.46. The number of carboxylic acids is 1. The molecule has 0 aliphatic heterocycles. The zero-order chi connectivity index (χ0) is 16.1. The van der Waals surface area contributed by atoms with Gasteiger partial charge >= 0.3 is 18.0 Å². The molecule has 8 heteroatoms. The van der Waals surface area contributed by atoms with E-state index in [1.807, 2.05) is 0 Å². The molecule has 1 atom stereocenters. The third kappa shape index (κ3) is 10.6. The van der Waals surface area contributed by atoms with Crippen LogP contribution < -0.4 is 10.6 Å². The molecule has 0 rings (SSSR count). The molecule has 0 aliphatic carbocycles. The van der Waals surface area contributed by atoms with Crippen LogP contribution in [0.3, 0.4) is 0 Å². The van der Waals surface area contributed by atoms with E-state index < -0.39 is 24.0 Å². The molecule has 0 aromatic carbocycles. The van der Waals surface area contributed by atoms with Crippen molar-refractivity contribution in [3.8, 4) is 0 Å². The molecule has 0 saturated carbocycles. The lowest BCUT2D eigenvalue weighted by Crippen LogP contribution is -2.46. The van der Waals surface area contributed by atoms with Gasteiger partial charge in [-0.1, -0.05) is 0 Å². The van der Waals surface area contributed by atoms with Gasteiger partial charge in [-0.3, -0.25) is 4.79 Å². The first-order valence-corrected chi connectivity index (χ1v) is 6.84. The molecule has 0 heterocycles. The van der Waals surface area contributed by atoms with Gasteiger partial charge in [0.1, 0.15) is 6.04 Å². The molecule has 8 nitrogen and oxygen atoms in total. The molecule has 2 amide bonds. The van der Waals surface area contributed by atoms with Crippen molar-refractivity contribution in [3.63, 3.8) is 0 Å². The second-order valence-electron chi connectivity index (χ2n) is 4.46. The van der Waals surface area contributed by atoms with Crippen molar-refractivity contribution in [1.82, 2.24) is 10.6 Å². The van der Waals surface area contributed by atoms with E-state index in [-0.39, 0.29) is 12.8 Å². The maximum absolute atomic E-state index is 11.5. The fraction of sp³-hybridized carbons (Fsp3) is 0.769. The maximum Gasteiger partial charge on any atom is 0.326 e. The molecule has 0 aliphatic rings. The van der Waals surface area contributed by atoms with Crippen molar-refractivity contribution in [2.24, 2.45) is 0 Å².